The molecule has 22 heteroatoms. The number of halogens is 2. The fourth-order valence-electron chi connectivity index (χ4n) is 15.9. The Hall–Kier alpha value is -5.81. The number of nitrogens with zero attached hydrogens (tertiary/aromatic N) is 5. The minimum absolute atomic E-state index is 0.0522. The van der Waals surface area contributed by atoms with Crippen LogP contribution in [0.1, 0.15) is 182 Å². The quantitative estimate of drug-likeness (QED) is 0.0381. The first-order valence-electron chi connectivity index (χ1n) is 32.1. The van der Waals surface area contributed by atoms with Gasteiger partial charge in [-0.3, -0.25) is 33.8 Å². The molecule has 3 saturated carbocycles. The number of phenols is 1. The van der Waals surface area contributed by atoms with Crippen LogP contribution in [0.2, 0.25) is 0 Å². The number of piperidine rings is 2. The molecule has 1 spiro atoms. The fourth-order valence-corrected chi connectivity index (χ4v) is 15.9. The second-order valence-electron chi connectivity index (χ2n) is 26.5. The van der Waals surface area contributed by atoms with Gasteiger partial charge in [0.05, 0.1) is 23.1 Å². The van der Waals surface area contributed by atoms with E-state index in [9.17, 15) is 43.0 Å². The summed E-state index contributed by atoms with van der Waals surface area (Å²) in [5.74, 6) is -1.43. The van der Waals surface area contributed by atoms with Crippen molar-refractivity contribution in [2.45, 2.75) is 214 Å². The smallest absolute Gasteiger partial charge is 0.250 e. The first-order chi connectivity index (χ1) is 41.4. The van der Waals surface area contributed by atoms with Gasteiger partial charge in [0.1, 0.15) is 44.2 Å². The van der Waals surface area contributed by atoms with Gasteiger partial charge in [-0.15, -0.1) is 10.2 Å². The molecule has 11 rings (SSSR count). The van der Waals surface area contributed by atoms with Gasteiger partial charge < -0.3 is 55.6 Å². The van der Waals surface area contributed by atoms with E-state index in [-0.39, 0.29) is 99.5 Å². The maximum absolute atomic E-state index is 14.0. The van der Waals surface area contributed by atoms with E-state index in [2.05, 4.69) is 65.0 Å². The van der Waals surface area contributed by atoms with Crippen LogP contribution in [0.15, 0.2) is 36.4 Å². The van der Waals surface area contributed by atoms with Crippen molar-refractivity contribution in [2.75, 3.05) is 64.5 Å². The van der Waals surface area contributed by atoms with Crippen molar-refractivity contribution in [1.29, 1.82) is 0 Å². The summed E-state index contributed by atoms with van der Waals surface area (Å²) >= 11 is 0. The normalized spacial score (nSPS) is 27.7. The number of nitrogens with one attached hydrogen (secondary N) is 5. The van der Waals surface area contributed by atoms with Gasteiger partial charge in [-0.2, -0.15) is 0 Å². The van der Waals surface area contributed by atoms with Crippen molar-refractivity contribution in [3.05, 3.63) is 64.7 Å². The van der Waals surface area contributed by atoms with E-state index in [1.165, 1.54) is 12.8 Å². The molecule has 7 N–H and O–H groups in total. The summed E-state index contributed by atoms with van der Waals surface area (Å²) in [7, 11) is 0. The van der Waals surface area contributed by atoms with Crippen molar-refractivity contribution >= 4 is 35.2 Å². The lowest BCUT2D eigenvalue weighted by Crippen LogP contribution is -2.78. The van der Waals surface area contributed by atoms with Crippen molar-refractivity contribution in [3.8, 4) is 11.5 Å². The molecule has 5 heterocycles. The number of amides is 5. The highest BCUT2D eigenvalue weighted by atomic mass is 19.3. The van der Waals surface area contributed by atoms with Crippen LogP contribution >= 0.6 is 0 Å². The number of carbonyl (C=O) groups is 5. The first-order valence-corrected chi connectivity index (χ1v) is 32.1. The number of hydrogen-bond donors (Lipinski definition) is 7. The van der Waals surface area contributed by atoms with Crippen LogP contribution in [0.4, 0.5) is 14.5 Å². The predicted octanol–water partition coefficient (Wildman–Crippen LogP) is 6.56. The number of aliphatic hydroxyl groups is 1. The van der Waals surface area contributed by atoms with Crippen molar-refractivity contribution < 1.29 is 57.2 Å². The topological polar surface area (TPSA) is 251 Å². The number of aryl methyl sites for hydroxylation is 1. The number of benzene rings is 2. The van der Waals surface area contributed by atoms with E-state index in [4.69, 9.17) is 14.2 Å². The molecule has 4 bridgehead atoms. The summed E-state index contributed by atoms with van der Waals surface area (Å²) in [6.07, 6.45) is 13.1. The second kappa shape index (κ2) is 26.5. The number of unbranched alkanes of at least 4 members (excludes halogenated alkanes) is 4. The van der Waals surface area contributed by atoms with Crippen LogP contribution < -0.4 is 31.3 Å². The van der Waals surface area contributed by atoms with Crippen molar-refractivity contribution in [3.63, 3.8) is 0 Å². The Balaban J connectivity index is 0.540. The Morgan fingerprint density at radius 3 is 2.08 bits per heavy atom. The average Bonchev–Trinajstić information content (AvgIpc) is 1.38. The van der Waals surface area contributed by atoms with Crippen LogP contribution in [-0.4, -0.2) is 165 Å². The molecule has 86 heavy (non-hydrogen) atoms. The molecular formula is C64H90F2N10O10. The largest absolute Gasteiger partial charge is 0.504 e. The molecule has 8 aliphatic rings. The first kappa shape index (κ1) is 61.8. The van der Waals surface area contributed by atoms with E-state index >= 15 is 0 Å². The molecule has 1 aromatic heterocycles. The number of aromatic hydroxyl groups is 1. The number of carbonyl (C=O) groups excluding carboxylic acids is 5. The van der Waals surface area contributed by atoms with Gasteiger partial charge >= 0.3 is 0 Å². The van der Waals surface area contributed by atoms with Gasteiger partial charge in [0.15, 0.2) is 11.5 Å². The lowest BCUT2D eigenvalue weighted by Gasteiger charge is -2.64. The molecule has 6 fully saturated rings. The minimum atomic E-state index is -2.73. The summed E-state index contributed by atoms with van der Waals surface area (Å²) < 4.78 is 47.9. The van der Waals surface area contributed by atoms with Crippen LogP contribution in [0.5, 0.6) is 11.5 Å². The zero-order valence-corrected chi connectivity index (χ0v) is 50.4. The van der Waals surface area contributed by atoms with E-state index < -0.39 is 40.9 Å². The second-order valence-corrected chi connectivity index (χ2v) is 26.5. The Labute approximate surface area is 503 Å². The lowest BCUT2D eigenvalue weighted by molar-refractivity contribution is -0.192. The summed E-state index contributed by atoms with van der Waals surface area (Å²) in [5, 5.41) is 47.3. The highest BCUT2D eigenvalue weighted by Crippen LogP contribution is 2.65. The van der Waals surface area contributed by atoms with Gasteiger partial charge in [-0.25, -0.2) is 8.78 Å². The van der Waals surface area contributed by atoms with Gasteiger partial charge in [-0.1, -0.05) is 51.3 Å². The Bertz CT molecular complexity index is 2900. The third-order valence-corrected chi connectivity index (χ3v) is 20.4. The van der Waals surface area contributed by atoms with Gasteiger partial charge in [0.2, 0.25) is 35.5 Å². The number of rotatable bonds is 28. The molecule has 3 saturated heterocycles. The number of alkyl halides is 2. The molecule has 5 amide bonds. The maximum Gasteiger partial charge on any atom is 0.250 e. The zero-order chi connectivity index (χ0) is 60.3. The molecule has 4 aliphatic carbocycles. The summed E-state index contributed by atoms with van der Waals surface area (Å²) in [5.41, 5.74) is 1.60. The van der Waals surface area contributed by atoms with Crippen LogP contribution in [-0.2, 0) is 45.3 Å². The monoisotopic (exact) mass is 1200 g/mol. The molecule has 8 unspecified atom stereocenters. The van der Waals surface area contributed by atoms with E-state index in [1.54, 1.807) is 18.2 Å². The third-order valence-electron chi connectivity index (χ3n) is 20.4. The Morgan fingerprint density at radius 1 is 0.767 bits per heavy atom. The summed E-state index contributed by atoms with van der Waals surface area (Å²) in [6.45, 7) is 8.66. The Morgan fingerprint density at radius 2 is 1.42 bits per heavy atom. The zero-order valence-electron chi connectivity index (χ0n) is 50.4. The number of ether oxygens (including phenoxy) is 3. The van der Waals surface area contributed by atoms with Gasteiger partial charge in [0, 0.05) is 86.3 Å². The average molecular weight is 1200 g/mol. The van der Waals surface area contributed by atoms with E-state index in [0.717, 1.165) is 106 Å². The van der Waals surface area contributed by atoms with Crippen molar-refractivity contribution in [2.24, 2.45) is 11.8 Å². The number of phenolic OH excluding ortho intramolecular Hbond substituents is 1. The third kappa shape index (κ3) is 13.4. The number of anilines is 1. The molecule has 470 valence electrons. The number of fused-ring (bicyclic) bond motifs is 2. The van der Waals surface area contributed by atoms with Crippen molar-refractivity contribution in [1.82, 2.24) is 45.8 Å². The number of hydrogen-bond acceptors (Lipinski definition) is 14. The number of likely N-dealkylation sites (tertiary alicyclic amines) is 1. The molecule has 2 aromatic carbocycles. The maximum atomic E-state index is 14.0. The van der Waals surface area contributed by atoms with E-state index in [1.807, 2.05) is 25.1 Å². The van der Waals surface area contributed by atoms with Crippen LogP contribution in [0.25, 0.3) is 0 Å². The SMILES string of the molecule is Cc1nnc(C(C)C)n1C1CC2CCC(C1)N2CCC(NC(=O)C1CCC(F)(F)CC1)c1ccc(NC(=O)COCC(=O)NCCCCCCCNC(=O)COCC(=O)NC2CCC3(O)C4Cc5ccc(O)c6c5C3(CCN4CC3CC3)C2O6)cc1. The predicted molar refractivity (Wildman–Crippen MR) is 316 cm³/mol. The highest BCUT2D eigenvalue weighted by Gasteiger charge is 2.73. The summed E-state index contributed by atoms with van der Waals surface area (Å²) in [6, 6.07) is 11.2. The van der Waals surface area contributed by atoms with Crippen LogP contribution in [0, 0.1) is 18.8 Å². The molecule has 3 aromatic rings. The molecule has 4 aliphatic heterocycles. The van der Waals surface area contributed by atoms with E-state index in [0.29, 0.717) is 80.7 Å². The molecule has 0 radical (unpaired) electrons. The highest BCUT2D eigenvalue weighted by molar-refractivity contribution is 5.92. The molecule has 20 nitrogen and oxygen atoms in total. The number of aromatic nitrogens is 3. The van der Waals surface area contributed by atoms with Crippen LogP contribution in [0.3, 0.4) is 0 Å². The van der Waals surface area contributed by atoms with Gasteiger partial charge in [0.25, 0.3) is 0 Å². The van der Waals surface area contributed by atoms with Gasteiger partial charge in [-0.05, 0) is 145 Å². The Kier molecular flexibility index (Phi) is 19.0. The molecule has 8 atom stereocenters. The minimum Gasteiger partial charge on any atom is -0.504 e. The summed E-state index contributed by atoms with van der Waals surface area (Å²) in [4.78, 5) is 69.9. The molecular weight excluding hydrogens is 1110 g/mol. The fraction of sp³-hybridized carbons (Fsp3) is 0.703. The lowest BCUT2D eigenvalue weighted by atomic mass is 9.48. The standard InChI is InChI=1S/C64H90F2N10O10/c1-39(2)60-73-72-40(3)76(60)48-32-46-16-17-47(33-48)75(46)29-22-49(71-61(82)43-19-23-62(65,66)24-20-43)42-11-14-45(15-12-42)69-55(80)37-84-35-53(78)67-27-7-5-4-6-8-28-68-54(79)36-85-38-56(81)70-50-21-25-64(83)52-31-44-13-18-51(77)58-57(44)63(64,59(50)86-58)26-30-74(52)34-41-9-10-41/h11-15,18,39,41,43,46-50,52,59,77,83H,4-10,16-17,19-38H2,1-3H3,(H,67,78)(H,68,79)(H,69,80)(H,70,81)(H,71,82).